The average Bonchev–Trinajstić information content (AvgIpc) is 2.53. The van der Waals surface area contributed by atoms with E-state index in [1.54, 1.807) is 31.2 Å². The lowest BCUT2D eigenvalue weighted by Crippen LogP contribution is -2.01. The van der Waals surface area contributed by atoms with Crippen molar-refractivity contribution in [3.8, 4) is 11.1 Å². The molecule has 2 aromatic carbocycles. The van der Waals surface area contributed by atoms with Crippen molar-refractivity contribution in [2.24, 2.45) is 0 Å². The van der Waals surface area contributed by atoms with E-state index in [2.05, 4.69) is 4.98 Å². The zero-order valence-electron chi connectivity index (χ0n) is 12.6. The number of carbonyl (C=O) groups is 1. The van der Waals surface area contributed by atoms with Gasteiger partial charge in [0.15, 0.2) is 0 Å². The van der Waals surface area contributed by atoms with Gasteiger partial charge in [0.1, 0.15) is 11.6 Å². The molecule has 0 aliphatic heterocycles. The highest BCUT2D eigenvalue weighted by Gasteiger charge is 2.14. The molecule has 3 nitrogen and oxygen atoms in total. The van der Waals surface area contributed by atoms with Crippen LogP contribution in [0.2, 0.25) is 0 Å². The summed E-state index contributed by atoms with van der Waals surface area (Å²) in [4.78, 5) is 16.1. The quantitative estimate of drug-likeness (QED) is 0.663. The molecule has 0 aliphatic carbocycles. The molecule has 5 heteroatoms. The van der Waals surface area contributed by atoms with Crippen molar-refractivity contribution in [1.29, 1.82) is 0 Å². The smallest absolute Gasteiger partial charge is 0.337 e. The van der Waals surface area contributed by atoms with Crippen molar-refractivity contribution in [1.82, 2.24) is 4.98 Å². The second-order valence-electron chi connectivity index (χ2n) is 5.16. The van der Waals surface area contributed by atoms with Crippen LogP contribution in [0.1, 0.15) is 16.1 Å². The third-order valence-corrected chi connectivity index (χ3v) is 3.58. The molecule has 0 saturated heterocycles. The first-order chi connectivity index (χ1) is 11.0. The molecule has 23 heavy (non-hydrogen) atoms. The number of hydrogen-bond donors (Lipinski definition) is 0. The van der Waals surface area contributed by atoms with E-state index in [0.29, 0.717) is 27.7 Å². The first-order valence-corrected chi connectivity index (χ1v) is 6.95. The summed E-state index contributed by atoms with van der Waals surface area (Å²) in [6.45, 7) is 1.79. The number of aromatic nitrogens is 1. The zero-order chi connectivity index (χ0) is 16.6. The van der Waals surface area contributed by atoms with Crippen molar-refractivity contribution >= 4 is 16.9 Å². The van der Waals surface area contributed by atoms with Gasteiger partial charge in [-0.1, -0.05) is 0 Å². The third kappa shape index (κ3) is 2.77. The number of esters is 1. The van der Waals surface area contributed by atoms with Crippen LogP contribution in [0.3, 0.4) is 0 Å². The van der Waals surface area contributed by atoms with Gasteiger partial charge in [-0.15, -0.1) is 0 Å². The van der Waals surface area contributed by atoms with Crippen LogP contribution >= 0.6 is 0 Å². The molecule has 3 rings (SSSR count). The number of benzene rings is 2. The van der Waals surface area contributed by atoms with Gasteiger partial charge in [-0.3, -0.25) is 4.98 Å². The molecule has 3 aromatic rings. The molecule has 1 aromatic heterocycles. The second kappa shape index (κ2) is 5.76. The number of halogens is 2. The molecule has 1 heterocycles. The summed E-state index contributed by atoms with van der Waals surface area (Å²) in [7, 11) is 1.29. The Morgan fingerprint density at radius 2 is 1.83 bits per heavy atom. The molecule has 0 amide bonds. The number of pyridine rings is 1. The Hall–Kier alpha value is -2.82. The summed E-state index contributed by atoms with van der Waals surface area (Å²) in [5.74, 6) is -1.80. The van der Waals surface area contributed by atoms with Gasteiger partial charge >= 0.3 is 5.97 Å². The van der Waals surface area contributed by atoms with E-state index in [1.165, 1.54) is 19.2 Å². The molecule has 0 radical (unpaired) electrons. The number of ether oxygens (including phenoxy) is 1. The highest BCUT2D eigenvalue weighted by Crippen LogP contribution is 2.31. The normalized spacial score (nSPS) is 10.8. The Kier molecular flexibility index (Phi) is 3.78. The summed E-state index contributed by atoms with van der Waals surface area (Å²) < 4.78 is 32.0. The Balaban J connectivity index is 2.31. The summed E-state index contributed by atoms with van der Waals surface area (Å²) in [6, 6.07) is 10.0. The van der Waals surface area contributed by atoms with E-state index in [1.807, 2.05) is 0 Å². The van der Waals surface area contributed by atoms with Gasteiger partial charge in [0.2, 0.25) is 0 Å². The van der Waals surface area contributed by atoms with Crippen LogP contribution in [0, 0.1) is 18.6 Å². The second-order valence-corrected chi connectivity index (χ2v) is 5.16. The predicted octanol–water partition coefficient (Wildman–Crippen LogP) is 4.28. The van der Waals surface area contributed by atoms with Gasteiger partial charge in [0.05, 0.1) is 18.2 Å². The van der Waals surface area contributed by atoms with Crippen LogP contribution in [-0.4, -0.2) is 18.1 Å². The van der Waals surface area contributed by atoms with Crippen LogP contribution in [0.15, 0.2) is 42.5 Å². The monoisotopic (exact) mass is 313 g/mol. The Labute approximate surface area is 131 Å². The van der Waals surface area contributed by atoms with Crippen molar-refractivity contribution in [3.63, 3.8) is 0 Å². The number of nitrogens with zero attached hydrogens (tertiary/aromatic N) is 1. The van der Waals surface area contributed by atoms with Gasteiger partial charge in [0, 0.05) is 22.7 Å². The maximum atomic E-state index is 14.2. The van der Waals surface area contributed by atoms with E-state index in [4.69, 9.17) is 4.74 Å². The fourth-order valence-electron chi connectivity index (χ4n) is 2.53. The molecule has 0 saturated carbocycles. The lowest BCUT2D eigenvalue weighted by atomic mass is 9.98. The van der Waals surface area contributed by atoms with Crippen molar-refractivity contribution in [2.75, 3.05) is 7.11 Å². The molecular weight excluding hydrogens is 300 g/mol. The van der Waals surface area contributed by atoms with E-state index < -0.39 is 17.6 Å². The highest BCUT2D eigenvalue weighted by molar-refractivity contribution is 6.00. The molecule has 0 bridgehead atoms. The Bertz CT molecular complexity index is 922. The van der Waals surface area contributed by atoms with Crippen LogP contribution in [-0.2, 0) is 4.74 Å². The Morgan fingerprint density at radius 3 is 2.52 bits per heavy atom. The fraction of sp³-hybridized carbons (Fsp3) is 0.111. The summed E-state index contributed by atoms with van der Waals surface area (Å²) in [5.41, 5.74) is 2.47. The molecule has 0 N–H and O–H groups in total. The first kappa shape index (κ1) is 15.1. The van der Waals surface area contributed by atoms with E-state index in [9.17, 15) is 13.6 Å². The summed E-state index contributed by atoms with van der Waals surface area (Å²) >= 11 is 0. The lowest BCUT2D eigenvalue weighted by Gasteiger charge is -2.10. The van der Waals surface area contributed by atoms with E-state index in [-0.39, 0.29) is 5.56 Å². The lowest BCUT2D eigenvalue weighted by molar-refractivity contribution is 0.0601. The minimum Gasteiger partial charge on any atom is -0.465 e. The maximum Gasteiger partial charge on any atom is 0.337 e. The summed E-state index contributed by atoms with van der Waals surface area (Å²) in [5, 5.41) is 0.601. The SMILES string of the molecule is COC(=O)c1ccc2nc(C)cc(-c3ccc(F)cc3F)c2c1. The maximum absolute atomic E-state index is 14.2. The molecular formula is C18H13F2NO2. The average molecular weight is 313 g/mol. The summed E-state index contributed by atoms with van der Waals surface area (Å²) in [6.07, 6.45) is 0. The van der Waals surface area contributed by atoms with E-state index >= 15 is 0 Å². The zero-order valence-corrected chi connectivity index (χ0v) is 12.6. The van der Waals surface area contributed by atoms with Crippen molar-refractivity contribution < 1.29 is 18.3 Å². The van der Waals surface area contributed by atoms with Crippen LogP contribution in [0.5, 0.6) is 0 Å². The number of fused-ring (bicyclic) bond motifs is 1. The minimum absolute atomic E-state index is 0.254. The van der Waals surface area contributed by atoms with Gasteiger partial charge < -0.3 is 4.74 Å². The van der Waals surface area contributed by atoms with Gasteiger partial charge in [-0.05, 0) is 48.9 Å². The number of carbonyl (C=O) groups excluding carboxylic acids is 1. The van der Waals surface area contributed by atoms with Gasteiger partial charge in [-0.25, -0.2) is 13.6 Å². The highest BCUT2D eigenvalue weighted by atomic mass is 19.1. The Morgan fingerprint density at radius 1 is 1.04 bits per heavy atom. The van der Waals surface area contributed by atoms with Gasteiger partial charge in [-0.2, -0.15) is 0 Å². The topological polar surface area (TPSA) is 39.2 Å². The van der Waals surface area contributed by atoms with Crippen LogP contribution < -0.4 is 0 Å². The van der Waals surface area contributed by atoms with Crippen LogP contribution in [0.4, 0.5) is 8.78 Å². The van der Waals surface area contributed by atoms with Crippen molar-refractivity contribution in [3.05, 3.63) is 65.4 Å². The fourth-order valence-corrected chi connectivity index (χ4v) is 2.53. The molecule has 0 spiro atoms. The number of aryl methyl sites for hydroxylation is 1. The number of rotatable bonds is 2. The standard InChI is InChI=1S/C18H13F2NO2/c1-10-7-14(13-5-4-12(19)9-16(13)20)15-8-11(18(22)23-2)3-6-17(15)21-10/h3-9H,1-2H3. The molecule has 0 aliphatic rings. The predicted molar refractivity (Wildman–Crippen MR) is 83.2 cm³/mol. The van der Waals surface area contributed by atoms with Crippen LogP contribution in [0.25, 0.3) is 22.0 Å². The van der Waals surface area contributed by atoms with Gasteiger partial charge in [0.25, 0.3) is 0 Å². The minimum atomic E-state index is -0.666. The number of methoxy groups -OCH3 is 1. The van der Waals surface area contributed by atoms with E-state index in [0.717, 1.165) is 6.07 Å². The molecule has 0 atom stereocenters. The largest absolute Gasteiger partial charge is 0.465 e. The molecule has 116 valence electrons. The molecule has 0 unspecified atom stereocenters. The third-order valence-electron chi connectivity index (χ3n) is 3.58. The number of hydrogen-bond acceptors (Lipinski definition) is 3. The van der Waals surface area contributed by atoms with Crippen molar-refractivity contribution in [2.45, 2.75) is 6.92 Å². The molecule has 0 fully saturated rings. The first-order valence-electron chi connectivity index (χ1n) is 6.95.